The van der Waals surface area contributed by atoms with Crippen molar-refractivity contribution in [2.24, 2.45) is 7.05 Å². The third-order valence-corrected chi connectivity index (χ3v) is 2.55. The molecule has 0 aliphatic carbocycles. The van der Waals surface area contributed by atoms with E-state index in [1.54, 1.807) is 42.1 Å². The van der Waals surface area contributed by atoms with Gasteiger partial charge < -0.3 is 19.4 Å². The van der Waals surface area contributed by atoms with Gasteiger partial charge in [-0.25, -0.2) is 0 Å². The van der Waals surface area contributed by atoms with Crippen LogP contribution in [-0.4, -0.2) is 22.2 Å². The molecule has 2 rings (SSSR count). The molecule has 2 aromatic rings. The molecule has 2 N–H and O–H groups in total. The zero-order chi connectivity index (χ0) is 12.3. The Labute approximate surface area is 98.7 Å². The van der Waals surface area contributed by atoms with E-state index in [1.807, 2.05) is 0 Å². The van der Waals surface area contributed by atoms with E-state index in [0.29, 0.717) is 11.5 Å². The molecule has 0 aromatic carbocycles. The van der Waals surface area contributed by atoms with Crippen LogP contribution in [0.2, 0.25) is 0 Å². The zero-order valence-corrected chi connectivity index (χ0v) is 9.46. The number of aliphatic hydroxyl groups is 1. The molecule has 90 valence electrons. The molecule has 0 fully saturated rings. The monoisotopic (exact) mass is 234 g/mol. The number of carbonyl (C=O) groups is 1. The molecule has 0 aliphatic heterocycles. The second-order valence-electron chi connectivity index (χ2n) is 3.73. The Kier molecular flexibility index (Phi) is 3.30. The Morgan fingerprint density at radius 1 is 1.53 bits per heavy atom. The Morgan fingerprint density at radius 3 is 2.88 bits per heavy atom. The quantitative estimate of drug-likeness (QED) is 0.831. The molecule has 2 aromatic heterocycles. The fourth-order valence-corrected chi connectivity index (χ4v) is 1.63. The second-order valence-corrected chi connectivity index (χ2v) is 3.73. The minimum absolute atomic E-state index is 0.205. The van der Waals surface area contributed by atoms with Crippen LogP contribution in [0.4, 0.5) is 0 Å². The van der Waals surface area contributed by atoms with Crippen LogP contribution in [0.3, 0.4) is 0 Å². The summed E-state index contributed by atoms with van der Waals surface area (Å²) < 4.78 is 6.87. The van der Waals surface area contributed by atoms with Gasteiger partial charge in [0.2, 0.25) is 0 Å². The standard InChI is InChI=1S/C12H14N2O3/c1-14-6-2-4-10(14)12(16)13-9(8-15)11-5-3-7-17-11/h2-7,9,15H,8H2,1H3,(H,13,16). The predicted octanol–water partition coefficient (Wildman–Crippen LogP) is 1.08. The van der Waals surface area contributed by atoms with Crippen LogP contribution in [0.25, 0.3) is 0 Å². The van der Waals surface area contributed by atoms with Gasteiger partial charge in [-0.15, -0.1) is 0 Å². The summed E-state index contributed by atoms with van der Waals surface area (Å²) in [4.78, 5) is 11.9. The minimum atomic E-state index is -0.521. The summed E-state index contributed by atoms with van der Waals surface area (Å²) in [5.74, 6) is 0.294. The molecule has 1 unspecified atom stereocenters. The first-order valence-corrected chi connectivity index (χ1v) is 5.29. The maximum Gasteiger partial charge on any atom is 0.268 e. The van der Waals surface area contributed by atoms with Gasteiger partial charge in [0.15, 0.2) is 0 Å². The number of rotatable bonds is 4. The molecule has 0 radical (unpaired) electrons. The highest BCUT2D eigenvalue weighted by Crippen LogP contribution is 2.13. The first-order valence-electron chi connectivity index (χ1n) is 5.29. The van der Waals surface area contributed by atoms with Crippen molar-refractivity contribution < 1.29 is 14.3 Å². The number of hydrogen-bond donors (Lipinski definition) is 2. The molecule has 1 atom stereocenters. The van der Waals surface area contributed by atoms with Gasteiger partial charge in [0.05, 0.1) is 12.9 Å². The van der Waals surface area contributed by atoms with Gasteiger partial charge in [0.1, 0.15) is 17.5 Å². The number of aliphatic hydroxyl groups excluding tert-OH is 1. The Morgan fingerprint density at radius 2 is 2.35 bits per heavy atom. The van der Waals surface area contributed by atoms with E-state index < -0.39 is 6.04 Å². The summed E-state index contributed by atoms with van der Waals surface area (Å²) in [5.41, 5.74) is 0.537. The number of hydrogen-bond acceptors (Lipinski definition) is 3. The van der Waals surface area contributed by atoms with Crippen molar-refractivity contribution in [3.63, 3.8) is 0 Å². The average Bonchev–Trinajstić information content (AvgIpc) is 2.96. The summed E-state index contributed by atoms with van der Waals surface area (Å²) in [6.45, 7) is -0.205. The van der Waals surface area contributed by atoms with E-state index in [-0.39, 0.29) is 12.5 Å². The number of carbonyl (C=O) groups excluding carboxylic acids is 1. The Bertz CT molecular complexity index is 488. The highest BCUT2D eigenvalue weighted by atomic mass is 16.3. The van der Waals surface area contributed by atoms with Gasteiger partial charge in [0, 0.05) is 13.2 Å². The van der Waals surface area contributed by atoms with E-state index in [2.05, 4.69) is 5.32 Å². The van der Waals surface area contributed by atoms with E-state index >= 15 is 0 Å². The van der Waals surface area contributed by atoms with Gasteiger partial charge >= 0.3 is 0 Å². The van der Waals surface area contributed by atoms with Crippen LogP contribution < -0.4 is 5.32 Å². The topological polar surface area (TPSA) is 67.4 Å². The SMILES string of the molecule is Cn1cccc1C(=O)NC(CO)c1ccco1. The van der Waals surface area contributed by atoms with Crippen LogP contribution in [0.15, 0.2) is 41.1 Å². The molecule has 0 saturated carbocycles. The average molecular weight is 234 g/mol. The molecule has 5 nitrogen and oxygen atoms in total. The molecule has 0 bridgehead atoms. The van der Waals surface area contributed by atoms with Crippen molar-refractivity contribution in [1.29, 1.82) is 0 Å². The maximum absolute atomic E-state index is 11.9. The van der Waals surface area contributed by atoms with E-state index in [0.717, 1.165) is 0 Å². The molecule has 2 heterocycles. The summed E-state index contributed by atoms with van der Waals surface area (Å²) in [7, 11) is 1.79. The van der Waals surface area contributed by atoms with Crippen LogP contribution in [-0.2, 0) is 7.05 Å². The van der Waals surface area contributed by atoms with E-state index in [4.69, 9.17) is 4.42 Å². The molecule has 5 heteroatoms. The lowest BCUT2D eigenvalue weighted by atomic mass is 10.2. The molecule has 0 spiro atoms. The van der Waals surface area contributed by atoms with Crippen molar-refractivity contribution in [3.8, 4) is 0 Å². The largest absolute Gasteiger partial charge is 0.467 e. The van der Waals surface area contributed by atoms with Gasteiger partial charge in [-0.2, -0.15) is 0 Å². The number of nitrogens with zero attached hydrogens (tertiary/aromatic N) is 1. The van der Waals surface area contributed by atoms with Crippen molar-refractivity contribution in [3.05, 3.63) is 48.2 Å². The third kappa shape index (κ3) is 2.39. The second kappa shape index (κ2) is 4.88. The first kappa shape index (κ1) is 11.5. The van der Waals surface area contributed by atoms with Crippen LogP contribution in [0.5, 0.6) is 0 Å². The number of furan rings is 1. The summed E-state index contributed by atoms with van der Waals surface area (Å²) in [6.07, 6.45) is 3.29. The van der Waals surface area contributed by atoms with Gasteiger partial charge in [0.25, 0.3) is 5.91 Å². The van der Waals surface area contributed by atoms with Crippen LogP contribution >= 0.6 is 0 Å². The number of amides is 1. The highest BCUT2D eigenvalue weighted by Gasteiger charge is 2.18. The number of aromatic nitrogens is 1. The number of aryl methyl sites for hydroxylation is 1. The Balaban J connectivity index is 2.10. The summed E-state index contributed by atoms with van der Waals surface area (Å²) in [6, 6.07) is 6.41. The highest BCUT2D eigenvalue weighted by molar-refractivity contribution is 5.92. The zero-order valence-electron chi connectivity index (χ0n) is 9.46. The fraction of sp³-hybridized carbons (Fsp3) is 0.250. The lowest BCUT2D eigenvalue weighted by Gasteiger charge is -2.14. The van der Waals surface area contributed by atoms with Gasteiger partial charge in [-0.3, -0.25) is 4.79 Å². The van der Waals surface area contributed by atoms with Crippen LogP contribution in [0, 0.1) is 0 Å². The third-order valence-electron chi connectivity index (χ3n) is 2.55. The molecular weight excluding hydrogens is 220 g/mol. The van der Waals surface area contributed by atoms with Gasteiger partial charge in [-0.1, -0.05) is 0 Å². The predicted molar refractivity (Wildman–Crippen MR) is 61.4 cm³/mol. The maximum atomic E-state index is 11.9. The fourth-order valence-electron chi connectivity index (χ4n) is 1.63. The van der Waals surface area contributed by atoms with E-state index in [1.165, 1.54) is 6.26 Å². The van der Waals surface area contributed by atoms with Crippen LogP contribution in [0.1, 0.15) is 22.3 Å². The molecule has 0 aliphatic rings. The lowest BCUT2D eigenvalue weighted by molar-refractivity contribution is 0.0899. The van der Waals surface area contributed by atoms with Crippen molar-refractivity contribution >= 4 is 5.91 Å². The normalized spacial score (nSPS) is 12.4. The van der Waals surface area contributed by atoms with E-state index in [9.17, 15) is 9.90 Å². The molecule has 17 heavy (non-hydrogen) atoms. The van der Waals surface area contributed by atoms with Crippen molar-refractivity contribution in [2.45, 2.75) is 6.04 Å². The van der Waals surface area contributed by atoms with Crippen molar-refractivity contribution in [1.82, 2.24) is 9.88 Å². The lowest BCUT2D eigenvalue weighted by Crippen LogP contribution is -2.31. The molecule has 1 amide bonds. The molecule has 0 saturated heterocycles. The van der Waals surface area contributed by atoms with Gasteiger partial charge in [-0.05, 0) is 24.3 Å². The first-order chi connectivity index (χ1) is 8.22. The smallest absolute Gasteiger partial charge is 0.268 e. The van der Waals surface area contributed by atoms with Crippen molar-refractivity contribution in [2.75, 3.05) is 6.61 Å². The number of nitrogens with one attached hydrogen (secondary N) is 1. The Hall–Kier alpha value is -2.01. The summed E-state index contributed by atoms with van der Waals surface area (Å²) >= 11 is 0. The molecular formula is C12H14N2O3. The summed E-state index contributed by atoms with van der Waals surface area (Å²) in [5, 5.41) is 11.9. The minimum Gasteiger partial charge on any atom is -0.467 e.